The monoisotopic (exact) mass is 355 g/mol. The molecule has 5 nitrogen and oxygen atoms in total. The second-order valence-electron chi connectivity index (χ2n) is 4.40. The number of nitrogens with two attached hydrogens (primary N) is 1. The summed E-state index contributed by atoms with van der Waals surface area (Å²) in [4.78, 5) is 4.19. The first-order valence-electron chi connectivity index (χ1n) is 5.81. The Hall–Kier alpha value is -1.60. The summed E-state index contributed by atoms with van der Waals surface area (Å²) in [7, 11) is -3.70. The minimum atomic E-state index is -3.70. The van der Waals surface area contributed by atoms with Gasteiger partial charge in [-0.05, 0) is 59.1 Å². The number of sulfonamides is 1. The highest BCUT2D eigenvalue weighted by atomic mass is 79.9. The van der Waals surface area contributed by atoms with Crippen LogP contribution >= 0.6 is 15.9 Å². The zero-order valence-electron chi connectivity index (χ0n) is 11.0. The van der Waals surface area contributed by atoms with Crippen molar-refractivity contribution in [1.82, 2.24) is 4.98 Å². The zero-order chi connectivity index (χ0) is 14.9. The number of rotatable bonds is 3. The summed E-state index contributed by atoms with van der Waals surface area (Å²) in [6.07, 6.45) is 1.44. The topological polar surface area (TPSA) is 85.1 Å². The second kappa shape index (κ2) is 5.41. The fourth-order valence-corrected chi connectivity index (χ4v) is 3.68. The third-order valence-corrected chi connectivity index (χ3v) is 5.03. The van der Waals surface area contributed by atoms with Gasteiger partial charge in [0.1, 0.15) is 4.60 Å². The lowest BCUT2D eigenvalue weighted by Gasteiger charge is -2.14. The molecule has 1 heterocycles. The van der Waals surface area contributed by atoms with Crippen LogP contribution in [0.25, 0.3) is 0 Å². The van der Waals surface area contributed by atoms with E-state index in [9.17, 15) is 8.42 Å². The van der Waals surface area contributed by atoms with E-state index < -0.39 is 10.0 Å². The summed E-state index contributed by atoms with van der Waals surface area (Å²) in [6.45, 7) is 3.43. The molecule has 20 heavy (non-hydrogen) atoms. The molecule has 0 aliphatic heterocycles. The molecule has 0 aliphatic carbocycles. The van der Waals surface area contributed by atoms with Gasteiger partial charge in [0.25, 0.3) is 10.0 Å². The maximum absolute atomic E-state index is 12.5. The van der Waals surface area contributed by atoms with E-state index >= 15 is 0 Å². The molecule has 0 unspecified atom stereocenters. The lowest BCUT2D eigenvalue weighted by molar-refractivity contribution is 0.600. The molecule has 0 atom stereocenters. The van der Waals surface area contributed by atoms with Gasteiger partial charge in [0.2, 0.25) is 0 Å². The largest absolute Gasteiger partial charge is 0.398 e. The van der Waals surface area contributed by atoms with E-state index in [0.29, 0.717) is 27.1 Å². The Labute approximate surface area is 126 Å². The number of aromatic nitrogens is 1. The van der Waals surface area contributed by atoms with Crippen molar-refractivity contribution >= 4 is 37.3 Å². The Bertz CT molecular complexity index is 743. The van der Waals surface area contributed by atoms with Gasteiger partial charge in [-0.2, -0.15) is 0 Å². The van der Waals surface area contributed by atoms with Crippen LogP contribution in [0.4, 0.5) is 11.4 Å². The number of hydrogen-bond acceptors (Lipinski definition) is 4. The van der Waals surface area contributed by atoms with E-state index in [4.69, 9.17) is 5.73 Å². The van der Waals surface area contributed by atoms with Gasteiger partial charge in [0, 0.05) is 5.69 Å². The molecule has 1 aromatic carbocycles. The van der Waals surface area contributed by atoms with Crippen LogP contribution in [0.5, 0.6) is 0 Å². The predicted molar refractivity (Wildman–Crippen MR) is 83.1 cm³/mol. The van der Waals surface area contributed by atoms with Gasteiger partial charge < -0.3 is 5.73 Å². The van der Waals surface area contributed by atoms with Gasteiger partial charge >= 0.3 is 0 Å². The number of aryl methyl sites for hydroxylation is 1. The summed E-state index contributed by atoms with van der Waals surface area (Å²) >= 11 is 3.20. The highest BCUT2D eigenvalue weighted by Crippen LogP contribution is 2.26. The van der Waals surface area contributed by atoms with Gasteiger partial charge in [-0.25, -0.2) is 13.4 Å². The number of nitrogens with one attached hydrogen (secondary N) is 1. The molecule has 0 fully saturated rings. The molecule has 0 aliphatic rings. The summed E-state index contributed by atoms with van der Waals surface area (Å²) in [5, 5.41) is 0. The summed E-state index contributed by atoms with van der Waals surface area (Å²) in [5.41, 5.74) is 7.83. The van der Waals surface area contributed by atoms with Gasteiger partial charge in [-0.3, -0.25) is 4.72 Å². The molecule has 0 bridgehead atoms. The Morgan fingerprint density at radius 3 is 2.50 bits per heavy atom. The number of hydrogen-bond donors (Lipinski definition) is 2. The molecule has 0 radical (unpaired) electrons. The average molecular weight is 356 g/mol. The average Bonchev–Trinajstić information content (AvgIpc) is 2.37. The maximum atomic E-state index is 12.5. The Balaban J connectivity index is 2.46. The van der Waals surface area contributed by atoms with Crippen LogP contribution in [-0.4, -0.2) is 13.4 Å². The molecule has 7 heteroatoms. The second-order valence-corrected chi connectivity index (χ2v) is 6.83. The third kappa shape index (κ3) is 2.94. The van der Waals surface area contributed by atoms with Crippen LogP contribution in [-0.2, 0) is 10.0 Å². The fourth-order valence-electron chi connectivity index (χ4n) is 1.90. The van der Waals surface area contributed by atoms with E-state index in [1.54, 1.807) is 38.1 Å². The Morgan fingerprint density at radius 1 is 1.20 bits per heavy atom. The molecule has 106 valence electrons. The number of pyridine rings is 1. The first-order valence-corrected chi connectivity index (χ1v) is 8.09. The van der Waals surface area contributed by atoms with Crippen LogP contribution in [0, 0.1) is 13.8 Å². The number of nitrogen functional groups attached to an aromatic ring is 1. The Morgan fingerprint density at radius 2 is 1.90 bits per heavy atom. The van der Waals surface area contributed by atoms with Crippen molar-refractivity contribution in [3.8, 4) is 0 Å². The molecule has 3 N–H and O–H groups in total. The van der Waals surface area contributed by atoms with Gasteiger partial charge in [-0.15, -0.1) is 0 Å². The van der Waals surface area contributed by atoms with Crippen molar-refractivity contribution < 1.29 is 8.42 Å². The van der Waals surface area contributed by atoms with Crippen molar-refractivity contribution in [3.63, 3.8) is 0 Å². The van der Waals surface area contributed by atoms with Gasteiger partial charge in [0.05, 0.1) is 16.8 Å². The minimum Gasteiger partial charge on any atom is -0.398 e. The quantitative estimate of drug-likeness (QED) is 0.654. The molecule has 0 saturated heterocycles. The van der Waals surface area contributed by atoms with Crippen molar-refractivity contribution in [2.45, 2.75) is 18.7 Å². The summed E-state index contributed by atoms with van der Waals surface area (Å²) in [5.74, 6) is 0. The van der Waals surface area contributed by atoms with Crippen LogP contribution in [0.2, 0.25) is 0 Å². The molecule has 0 amide bonds. The molecule has 1 aromatic heterocycles. The third-order valence-electron chi connectivity index (χ3n) is 2.89. The molecule has 0 saturated carbocycles. The smallest absolute Gasteiger partial charge is 0.262 e. The highest BCUT2D eigenvalue weighted by Gasteiger charge is 2.21. The van der Waals surface area contributed by atoms with Crippen LogP contribution in [0.1, 0.15) is 11.1 Å². The van der Waals surface area contributed by atoms with Crippen LogP contribution < -0.4 is 10.5 Å². The van der Waals surface area contributed by atoms with Crippen molar-refractivity contribution in [1.29, 1.82) is 0 Å². The molecule has 2 rings (SSSR count). The predicted octanol–water partition coefficient (Wildman–Crippen LogP) is 2.84. The molecule has 2 aromatic rings. The van der Waals surface area contributed by atoms with Crippen LogP contribution in [0.15, 0.2) is 40.0 Å². The van der Waals surface area contributed by atoms with E-state index in [1.807, 2.05) is 0 Å². The molecule has 0 spiro atoms. The van der Waals surface area contributed by atoms with Crippen LogP contribution in [0.3, 0.4) is 0 Å². The van der Waals surface area contributed by atoms with E-state index in [2.05, 4.69) is 25.6 Å². The van der Waals surface area contributed by atoms with Crippen molar-refractivity contribution in [2.75, 3.05) is 10.5 Å². The SMILES string of the molecule is Cc1ccc(N)c(C)c1S(=O)(=O)Nc1ccc(Br)nc1. The standard InChI is InChI=1S/C13H14BrN3O2S/c1-8-3-5-11(15)9(2)13(8)20(18,19)17-10-4-6-12(14)16-7-10/h3-7,17H,15H2,1-2H3. The minimum absolute atomic E-state index is 0.209. The lowest BCUT2D eigenvalue weighted by Crippen LogP contribution is -2.16. The molecular weight excluding hydrogens is 342 g/mol. The van der Waals surface area contributed by atoms with E-state index in [1.165, 1.54) is 6.20 Å². The number of halogens is 1. The first-order chi connectivity index (χ1) is 9.31. The van der Waals surface area contributed by atoms with Crippen molar-refractivity contribution in [2.24, 2.45) is 0 Å². The van der Waals surface area contributed by atoms with Gasteiger partial charge in [-0.1, -0.05) is 6.07 Å². The normalized spacial score (nSPS) is 11.3. The van der Waals surface area contributed by atoms with E-state index in [0.717, 1.165) is 0 Å². The first kappa shape index (κ1) is 14.8. The van der Waals surface area contributed by atoms with Gasteiger partial charge in [0.15, 0.2) is 0 Å². The summed E-state index contributed by atoms with van der Waals surface area (Å²) in [6, 6.07) is 6.68. The maximum Gasteiger partial charge on any atom is 0.262 e. The summed E-state index contributed by atoms with van der Waals surface area (Å²) < 4.78 is 28.1. The van der Waals surface area contributed by atoms with E-state index in [-0.39, 0.29) is 4.90 Å². The highest BCUT2D eigenvalue weighted by molar-refractivity contribution is 9.10. The van der Waals surface area contributed by atoms with Crippen molar-refractivity contribution in [3.05, 3.63) is 46.2 Å². The zero-order valence-corrected chi connectivity index (χ0v) is 13.4. The number of anilines is 2. The fraction of sp³-hybridized carbons (Fsp3) is 0.154. The Kier molecular flexibility index (Phi) is 4.01. The molecular formula is C13H14BrN3O2S. The number of benzene rings is 1. The number of nitrogens with zero attached hydrogens (tertiary/aromatic N) is 1. The lowest BCUT2D eigenvalue weighted by atomic mass is 10.1.